The zero-order valence-electron chi connectivity index (χ0n) is 22.8. The molecule has 10 nitrogen and oxygen atoms in total. The van der Waals surface area contributed by atoms with Gasteiger partial charge in [0, 0.05) is 36.7 Å². The van der Waals surface area contributed by atoms with E-state index in [0.717, 1.165) is 27.8 Å². The number of rotatable bonds is 12. The minimum absolute atomic E-state index is 0.211. The summed E-state index contributed by atoms with van der Waals surface area (Å²) in [6, 6.07) is 25.0. The molecular weight excluding hydrogens is 508 g/mol. The van der Waals surface area contributed by atoms with Crippen molar-refractivity contribution in [1.29, 1.82) is 0 Å². The van der Waals surface area contributed by atoms with E-state index in [9.17, 15) is 4.79 Å². The number of H-pyrrole nitrogens is 1. The van der Waals surface area contributed by atoms with Crippen LogP contribution < -0.4 is 15.0 Å². The quantitative estimate of drug-likeness (QED) is 0.253. The van der Waals surface area contributed by atoms with Gasteiger partial charge in [0.15, 0.2) is 5.82 Å². The maximum atomic E-state index is 13.7. The first kappa shape index (κ1) is 27.0. The number of nitrogens with zero attached hydrogens (tertiary/aromatic N) is 5. The molecule has 0 spiro atoms. The van der Waals surface area contributed by atoms with Crippen LogP contribution in [0.2, 0.25) is 0 Å². The molecule has 0 aliphatic carbocycles. The summed E-state index contributed by atoms with van der Waals surface area (Å²) in [5.41, 5.74) is 3.18. The van der Waals surface area contributed by atoms with E-state index in [-0.39, 0.29) is 5.56 Å². The lowest BCUT2D eigenvalue weighted by Gasteiger charge is -2.31. The molecule has 0 saturated heterocycles. The minimum atomic E-state index is -0.575. The average molecular weight is 541 g/mol. The number of aromatic nitrogens is 5. The summed E-state index contributed by atoms with van der Waals surface area (Å²) < 4.78 is 17.8. The first-order valence-electron chi connectivity index (χ1n) is 13.0. The van der Waals surface area contributed by atoms with Crippen molar-refractivity contribution in [2.24, 2.45) is 0 Å². The highest BCUT2D eigenvalue weighted by Crippen LogP contribution is 2.31. The van der Waals surface area contributed by atoms with E-state index in [4.69, 9.17) is 14.2 Å². The zero-order valence-corrected chi connectivity index (χ0v) is 22.8. The van der Waals surface area contributed by atoms with Gasteiger partial charge in [-0.2, -0.15) is 0 Å². The fraction of sp³-hybridized carbons (Fsp3) is 0.267. The number of benzene rings is 3. The Morgan fingerprint density at radius 1 is 0.875 bits per heavy atom. The van der Waals surface area contributed by atoms with Crippen LogP contribution in [0, 0.1) is 0 Å². The fourth-order valence-corrected chi connectivity index (χ4v) is 4.80. The van der Waals surface area contributed by atoms with E-state index in [1.165, 1.54) is 0 Å². The molecule has 0 unspecified atom stereocenters. The van der Waals surface area contributed by atoms with E-state index in [2.05, 4.69) is 37.5 Å². The number of hydrogen-bond acceptors (Lipinski definition) is 8. The first-order chi connectivity index (χ1) is 19.6. The van der Waals surface area contributed by atoms with Crippen LogP contribution in [-0.2, 0) is 24.4 Å². The van der Waals surface area contributed by atoms with Crippen LogP contribution in [-0.4, -0.2) is 58.0 Å². The van der Waals surface area contributed by atoms with Crippen molar-refractivity contribution < 1.29 is 14.2 Å². The molecule has 0 aliphatic heterocycles. The smallest absolute Gasteiger partial charge is 0.253 e. The Morgan fingerprint density at radius 3 is 2.27 bits per heavy atom. The summed E-state index contributed by atoms with van der Waals surface area (Å²) in [6.07, 6.45) is 0. The highest BCUT2D eigenvalue weighted by Gasteiger charge is 2.31. The summed E-state index contributed by atoms with van der Waals surface area (Å²) in [6.45, 7) is 1.93. The van der Waals surface area contributed by atoms with Gasteiger partial charge < -0.3 is 19.2 Å². The Bertz CT molecular complexity index is 1600. The lowest BCUT2D eigenvalue weighted by Crippen LogP contribution is -2.35. The van der Waals surface area contributed by atoms with Crippen molar-refractivity contribution in [3.8, 4) is 11.5 Å². The van der Waals surface area contributed by atoms with E-state index in [1.54, 1.807) is 26.0 Å². The maximum Gasteiger partial charge on any atom is 0.253 e. The van der Waals surface area contributed by atoms with Crippen LogP contribution >= 0.6 is 0 Å². The van der Waals surface area contributed by atoms with Crippen molar-refractivity contribution in [2.75, 3.05) is 27.9 Å². The number of nitrogens with one attached hydrogen (secondary N) is 1. The van der Waals surface area contributed by atoms with Crippen LogP contribution in [0.15, 0.2) is 83.7 Å². The summed E-state index contributed by atoms with van der Waals surface area (Å²) in [7, 11) is 4.90. The van der Waals surface area contributed by atoms with E-state index >= 15 is 0 Å². The van der Waals surface area contributed by atoms with Gasteiger partial charge in [0.25, 0.3) is 5.56 Å². The molecule has 0 amide bonds. The molecule has 5 aromatic rings. The van der Waals surface area contributed by atoms with Gasteiger partial charge in [-0.25, -0.2) is 4.68 Å². The molecule has 206 valence electrons. The normalized spacial score (nSPS) is 12.1. The van der Waals surface area contributed by atoms with Crippen molar-refractivity contribution in [2.45, 2.75) is 25.7 Å². The first-order valence-corrected chi connectivity index (χ1v) is 13.0. The van der Waals surface area contributed by atoms with Crippen LogP contribution in [0.3, 0.4) is 0 Å². The van der Waals surface area contributed by atoms with Crippen molar-refractivity contribution in [3.05, 3.63) is 112 Å². The molecule has 10 heteroatoms. The number of methoxy groups -OCH3 is 3. The van der Waals surface area contributed by atoms with Gasteiger partial charge in [-0.3, -0.25) is 9.69 Å². The molecule has 1 N–H and O–H groups in total. The second kappa shape index (κ2) is 12.5. The lowest BCUT2D eigenvalue weighted by atomic mass is 10.0. The van der Waals surface area contributed by atoms with Crippen LogP contribution in [0.5, 0.6) is 11.5 Å². The molecule has 40 heavy (non-hydrogen) atoms. The third-order valence-electron chi connectivity index (χ3n) is 6.82. The Labute approximate surface area is 232 Å². The van der Waals surface area contributed by atoms with Crippen LogP contribution in [0.25, 0.3) is 10.9 Å². The molecule has 0 fully saturated rings. The van der Waals surface area contributed by atoms with E-state index in [0.29, 0.717) is 43.4 Å². The number of fused-ring (bicyclic) bond motifs is 1. The third kappa shape index (κ3) is 6.03. The zero-order chi connectivity index (χ0) is 27.9. The SMILES string of the molecule is COCCn1nnnc1[C@H](c1cc2cc(OC)ccc2[nH]c1=O)N(Cc1ccccc1)Cc1ccc(OC)cc1. The van der Waals surface area contributed by atoms with Crippen molar-refractivity contribution >= 4 is 10.9 Å². The van der Waals surface area contributed by atoms with Gasteiger partial charge in [0.2, 0.25) is 0 Å². The predicted molar refractivity (Wildman–Crippen MR) is 151 cm³/mol. The monoisotopic (exact) mass is 540 g/mol. The number of tetrazole rings is 1. The molecule has 2 heterocycles. The Morgan fingerprint density at radius 2 is 1.57 bits per heavy atom. The Hall–Kier alpha value is -4.54. The third-order valence-corrected chi connectivity index (χ3v) is 6.82. The summed E-state index contributed by atoms with van der Waals surface area (Å²) in [4.78, 5) is 19.0. The van der Waals surface area contributed by atoms with E-state index in [1.807, 2.05) is 66.7 Å². The molecular formula is C30H32N6O4. The molecule has 0 bridgehead atoms. The molecule has 2 aromatic heterocycles. The standard InChI is InChI=1S/C30H32N6O4/c1-38-16-15-36-29(32-33-34-36)28(26-18-23-17-25(40-3)13-14-27(23)31-30(26)37)35(19-21-7-5-4-6-8-21)20-22-9-11-24(39-2)12-10-22/h4-14,17-18,28H,15-16,19-20H2,1-3H3,(H,31,37)/t28-/m0/s1. The van der Waals surface area contributed by atoms with Crippen LogP contribution in [0.1, 0.15) is 28.6 Å². The largest absolute Gasteiger partial charge is 0.497 e. The highest BCUT2D eigenvalue weighted by atomic mass is 16.5. The highest BCUT2D eigenvalue weighted by molar-refractivity contribution is 5.80. The molecule has 0 saturated carbocycles. The molecule has 0 aliphatic rings. The fourth-order valence-electron chi connectivity index (χ4n) is 4.80. The van der Waals surface area contributed by atoms with Crippen LogP contribution in [0.4, 0.5) is 0 Å². The predicted octanol–water partition coefficient (Wildman–Crippen LogP) is 3.97. The topological polar surface area (TPSA) is 107 Å². The van der Waals surface area contributed by atoms with Gasteiger partial charge in [-0.1, -0.05) is 42.5 Å². The molecule has 3 aromatic carbocycles. The number of hydrogen-bond donors (Lipinski definition) is 1. The number of pyridine rings is 1. The maximum absolute atomic E-state index is 13.7. The molecule has 5 rings (SSSR count). The Kier molecular flexibility index (Phi) is 8.48. The summed E-state index contributed by atoms with van der Waals surface area (Å²) >= 11 is 0. The van der Waals surface area contributed by atoms with Gasteiger partial charge in [-0.05, 0) is 58.0 Å². The van der Waals surface area contributed by atoms with E-state index < -0.39 is 6.04 Å². The molecule has 0 radical (unpaired) electrons. The molecule has 1 atom stereocenters. The Balaban J connectivity index is 1.68. The van der Waals surface area contributed by atoms with Gasteiger partial charge >= 0.3 is 0 Å². The second-order valence-corrected chi connectivity index (χ2v) is 9.40. The average Bonchev–Trinajstić information content (AvgIpc) is 3.45. The van der Waals surface area contributed by atoms with Gasteiger partial charge in [0.05, 0.1) is 27.4 Å². The minimum Gasteiger partial charge on any atom is -0.497 e. The van der Waals surface area contributed by atoms with Gasteiger partial charge in [-0.15, -0.1) is 5.10 Å². The van der Waals surface area contributed by atoms with Crippen molar-refractivity contribution in [1.82, 2.24) is 30.1 Å². The summed E-state index contributed by atoms with van der Waals surface area (Å²) in [5, 5.41) is 13.5. The lowest BCUT2D eigenvalue weighted by molar-refractivity contribution is 0.169. The number of ether oxygens (including phenoxy) is 3. The van der Waals surface area contributed by atoms with Gasteiger partial charge in [0.1, 0.15) is 17.5 Å². The van der Waals surface area contributed by atoms with Crippen molar-refractivity contribution in [3.63, 3.8) is 0 Å². The summed E-state index contributed by atoms with van der Waals surface area (Å²) in [5.74, 6) is 2.03. The second-order valence-electron chi connectivity index (χ2n) is 9.40. The number of aromatic amines is 1.